The van der Waals surface area contributed by atoms with E-state index in [0.29, 0.717) is 11.4 Å². The number of benzene rings is 1. The highest BCUT2D eigenvalue weighted by atomic mass is 19.1. The standard InChI is InChI=1S/C21H23FN4O3/c1-20(2,3)15-6-5-7-16(23-15)24-17(27)12-26-18(28)21(4,25-19(26)29)13-8-10-14(22)11-9-13/h5-11H,12H2,1-4H3,(H,25,29)(H,23,24,27). The number of carbonyl (C=O) groups excluding carboxylic acids is 3. The molecule has 0 aliphatic carbocycles. The van der Waals surface area contributed by atoms with Crippen LogP contribution in [0, 0.1) is 5.82 Å². The van der Waals surface area contributed by atoms with Gasteiger partial charge < -0.3 is 10.6 Å². The summed E-state index contributed by atoms with van der Waals surface area (Å²) in [4.78, 5) is 42.9. The maximum atomic E-state index is 13.2. The fourth-order valence-electron chi connectivity index (χ4n) is 3.07. The van der Waals surface area contributed by atoms with Gasteiger partial charge in [0.1, 0.15) is 23.7 Å². The zero-order valence-corrected chi connectivity index (χ0v) is 16.7. The molecule has 1 aromatic carbocycles. The lowest BCUT2D eigenvalue weighted by molar-refractivity contribution is -0.133. The fraction of sp³-hybridized carbons (Fsp3) is 0.333. The van der Waals surface area contributed by atoms with E-state index in [9.17, 15) is 18.8 Å². The number of anilines is 1. The number of hydrogen-bond donors (Lipinski definition) is 2. The third-order valence-corrected chi connectivity index (χ3v) is 4.78. The number of pyridine rings is 1. The zero-order valence-electron chi connectivity index (χ0n) is 16.7. The van der Waals surface area contributed by atoms with Crippen LogP contribution in [0.25, 0.3) is 0 Å². The summed E-state index contributed by atoms with van der Waals surface area (Å²) in [5.74, 6) is -1.23. The molecule has 8 heteroatoms. The molecule has 2 N–H and O–H groups in total. The molecule has 2 heterocycles. The number of imide groups is 1. The first-order valence-electron chi connectivity index (χ1n) is 9.18. The zero-order chi connectivity index (χ0) is 21.4. The Morgan fingerprint density at radius 2 is 1.83 bits per heavy atom. The lowest BCUT2D eigenvalue weighted by Crippen LogP contribution is -2.42. The normalized spacial score (nSPS) is 19.3. The summed E-state index contributed by atoms with van der Waals surface area (Å²) in [6.45, 7) is 7.08. The summed E-state index contributed by atoms with van der Waals surface area (Å²) in [6.07, 6.45) is 0. The largest absolute Gasteiger partial charge is 0.325 e. The van der Waals surface area contributed by atoms with E-state index >= 15 is 0 Å². The number of hydrogen-bond acceptors (Lipinski definition) is 4. The van der Waals surface area contributed by atoms with Crippen LogP contribution in [0.5, 0.6) is 0 Å². The third kappa shape index (κ3) is 4.11. The van der Waals surface area contributed by atoms with E-state index < -0.39 is 35.7 Å². The number of halogens is 1. The van der Waals surface area contributed by atoms with Gasteiger partial charge in [0.25, 0.3) is 5.91 Å². The highest BCUT2D eigenvalue weighted by molar-refractivity contribution is 6.10. The van der Waals surface area contributed by atoms with E-state index in [2.05, 4.69) is 15.6 Å². The summed E-state index contributed by atoms with van der Waals surface area (Å²) in [7, 11) is 0. The lowest BCUT2D eigenvalue weighted by atomic mass is 9.92. The van der Waals surface area contributed by atoms with E-state index in [-0.39, 0.29) is 5.41 Å². The maximum Gasteiger partial charge on any atom is 0.325 e. The highest BCUT2D eigenvalue weighted by Gasteiger charge is 2.49. The average Bonchev–Trinajstić information content (AvgIpc) is 2.86. The minimum Gasteiger partial charge on any atom is -0.319 e. The number of nitrogens with zero attached hydrogens (tertiary/aromatic N) is 2. The summed E-state index contributed by atoms with van der Waals surface area (Å²) >= 11 is 0. The molecule has 1 aromatic heterocycles. The second-order valence-corrected chi connectivity index (χ2v) is 8.16. The second kappa shape index (κ2) is 7.27. The Hall–Kier alpha value is -3.29. The van der Waals surface area contributed by atoms with E-state index in [1.54, 1.807) is 12.1 Å². The molecule has 29 heavy (non-hydrogen) atoms. The van der Waals surface area contributed by atoms with Crippen LogP contribution in [-0.2, 0) is 20.5 Å². The van der Waals surface area contributed by atoms with Crippen LogP contribution in [0.3, 0.4) is 0 Å². The van der Waals surface area contributed by atoms with Gasteiger partial charge in [0.05, 0.1) is 0 Å². The van der Waals surface area contributed by atoms with Gasteiger partial charge in [0, 0.05) is 11.1 Å². The molecule has 3 rings (SSSR count). The Balaban J connectivity index is 1.73. The maximum absolute atomic E-state index is 13.2. The Morgan fingerprint density at radius 1 is 1.17 bits per heavy atom. The van der Waals surface area contributed by atoms with E-state index in [0.717, 1.165) is 10.6 Å². The summed E-state index contributed by atoms with van der Waals surface area (Å²) in [5, 5.41) is 5.21. The van der Waals surface area contributed by atoms with Gasteiger partial charge in [0.15, 0.2) is 0 Å². The Labute approximate surface area is 168 Å². The summed E-state index contributed by atoms with van der Waals surface area (Å²) in [5.41, 5.74) is -0.327. The molecule has 4 amide bonds. The van der Waals surface area contributed by atoms with E-state index in [1.807, 2.05) is 26.8 Å². The first-order valence-corrected chi connectivity index (χ1v) is 9.18. The molecule has 1 aliphatic rings. The van der Waals surface area contributed by atoms with E-state index in [1.165, 1.54) is 31.2 Å². The Morgan fingerprint density at radius 3 is 2.45 bits per heavy atom. The van der Waals surface area contributed by atoms with Crippen LogP contribution in [0.15, 0.2) is 42.5 Å². The summed E-state index contributed by atoms with van der Waals surface area (Å²) in [6, 6.07) is 9.88. The smallest absolute Gasteiger partial charge is 0.319 e. The van der Waals surface area contributed by atoms with Crippen molar-refractivity contribution < 1.29 is 18.8 Å². The molecule has 0 bridgehead atoms. The minimum absolute atomic E-state index is 0.192. The molecule has 7 nitrogen and oxygen atoms in total. The fourth-order valence-corrected chi connectivity index (χ4v) is 3.07. The average molecular weight is 398 g/mol. The molecule has 0 spiro atoms. The van der Waals surface area contributed by atoms with Crippen molar-refractivity contribution in [2.24, 2.45) is 0 Å². The van der Waals surface area contributed by atoms with Crippen molar-refractivity contribution in [1.82, 2.24) is 15.2 Å². The molecule has 1 aliphatic heterocycles. The van der Waals surface area contributed by atoms with Crippen LogP contribution in [-0.4, -0.2) is 34.3 Å². The number of rotatable bonds is 4. The number of urea groups is 1. The molecule has 1 fully saturated rings. The van der Waals surface area contributed by atoms with Crippen molar-refractivity contribution in [2.75, 3.05) is 11.9 Å². The Bertz CT molecular complexity index is 969. The topological polar surface area (TPSA) is 91.4 Å². The summed E-state index contributed by atoms with van der Waals surface area (Å²) < 4.78 is 13.2. The number of nitrogens with one attached hydrogen (secondary N) is 2. The van der Waals surface area contributed by atoms with Gasteiger partial charge in [-0.15, -0.1) is 0 Å². The number of carbonyl (C=O) groups is 3. The molecular formula is C21H23FN4O3. The molecule has 1 unspecified atom stereocenters. The first-order chi connectivity index (χ1) is 13.5. The molecule has 0 radical (unpaired) electrons. The van der Waals surface area contributed by atoms with Crippen molar-refractivity contribution in [3.8, 4) is 0 Å². The van der Waals surface area contributed by atoms with Crippen LogP contribution >= 0.6 is 0 Å². The van der Waals surface area contributed by atoms with Gasteiger partial charge in [-0.1, -0.05) is 39.0 Å². The lowest BCUT2D eigenvalue weighted by Gasteiger charge is -2.22. The molecule has 152 valence electrons. The van der Waals surface area contributed by atoms with Gasteiger partial charge >= 0.3 is 6.03 Å². The van der Waals surface area contributed by atoms with Crippen molar-refractivity contribution in [2.45, 2.75) is 38.6 Å². The minimum atomic E-state index is -1.37. The SMILES string of the molecule is CC(C)(C)c1cccc(NC(=O)CN2C(=O)NC(C)(c3ccc(F)cc3)C2=O)n1. The van der Waals surface area contributed by atoms with Crippen LogP contribution < -0.4 is 10.6 Å². The van der Waals surface area contributed by atoms with E-state index in [4.69, 9.17) is 0 Å². The Kier molecular flexibility index (Phi) is 5.13. The quantitative estimate of drug-likeness (QED) is 0.775. The van der Waals surface area contributed by atoms with Gasteiger partial charge in [-0.25, -0.2) is 14.2 Å². The van der Waals surface area contributed by atoms with Crippen LogP contribution in [0.2, 0.25) is 0 Å². The molecule has 0 saturated carbocycles. The second-order valence-electron chi connectivity index (χ2n) is 8.16. The van der Waals surface area contributed by atoms with Crippen molar-refractivity contribution in [1.29, 1.82) is 0 Å². The first kappa shape index (κ1) is 20.4. The molecule has 1 atom stereocenters. The molecular weight excluding hydrogens is 375 g/mol. The number of aromatic nitrogens is 1. The molecule has 2 aromatic rings. The predicted octanol–water partition coefficient (Wildman–Crippen LogP) is 2.92. The monoisotopic (exact) mass is 398 g/mol. The van der Waals surface area contributed by atoms with Gasteiger partial charge in [-0.2, -0.15) is 0 Å². The predicted molar refractivity (Wildman–Crippen MR) is 106 cm³/mol. The highest BCUT2D eigenvalue weighted by Crippen LogP contribution is 2.29. The molecule has 1 saturated heterocycles. The van der Waals surface area contributed by atoms with Crippen molar-refractivity contribution >= 4 is 23.7 Å². The number of amides is 4. The van der Waals surface area contributed by atoms with Crippen molar-refractivity contribution in [3.05, 3.63) is 59.5 Å². The van der Waals surface area contributed by atoms with Crippen molar-refractivity contribution in [3.63, 3.8) is 0 Å². The van der Waals surface area contributed by atoms with Gasteiger partial charge in [0.2, 0.25) is 5.91 Å². The van der Waals surface area contributed by atoms with Gasteiger partial charge in [-0.05, 0) is 36.8 Å². The van der Waals surface area contributed by atoms with Crippen LogP contribution in [0.4, 0.5) is 15.0 Å². The van der Waals surface area contributed by atoms with Gasteiger partial charge in [-0.3, -0.25) is 14.5 Å². The third-order valence-electron chi connectivity index (χ3n) is 4.78. The van der Waals surface area contributed by atoms with Crippen LogP contribution in [0.1, 0.15) is 39.0 Å².